The maximum atomic E-state index is 13.0. The summed E-state index contributed by atoms with van der Waals surface area (Å²) in [7, 11) is 0. The molecule has 1 amide bonds. The number of carbonyl (C=O) groups excluding carboxylic acids is 1. The molecule has 0 aliphatic heterocycles. The number of fused-ring (bicyclic) bond motifs is 1. The van der Waals surface area contributed by atoms with Crippen molar-refractivity contribution in [1.29, 1.82) is 5.26 Å². The van der Waals surface area contributed by atoms with E-state index in [-0.39, 0.29) is 11.9 Å². The fourth-order valence-electron chi connectivity index (χ4n) is 3.97. The molecule has 3 heterocycles. The summed E-state index contributed by atoms with van der Waals surface area (Å²) in [6, 6.07) is 6.34. The van der Waals surface area contributed by atoms with Gasteiger partial charge in [0.05, 0.1) is 23.0 Å². The Labute approximate surface area is 174 Å². The molecule has 0 saturated heterocycles. The van der Waals surface area contributed by atoms with Crippen molar-refractivity contribution in [2.75, 3.05) is 5.32 Å². The van der Waals surface area contributed by atoms with E-state index >= 15 is 0 Å². The molecule has 0 aromatic carbocycles. The minimum Gasteiger partial charge on any atom is -0.382 e. The Hall–Kier alpha value is -3.47. The molecule has 2 aliphatic rings. The number of rotatable bonds is 5. The first-order chi connectivity index (χ1) is 14.7. The number of amides is 1. The second-order valence-electron chi connectivity index (χ2n) is 8.12. The summed E-state index contributed by atoms with van der Waals surface area (Å²) in [5.41, 5.74) is 2.44. The number of nitriles is 1. The van der Waals surface area contributed by atoms with Crippen molar-refractivity contribution in [2.45, 2.75) is 57.0 Å². The third-order valence-electron chi connectivity index (χ3n) is 5.77. The molecule has 3 aromatic rings. The van der Waals surface area contributed by atoms with Crippen molar-refractivity contribution in [1.82, 2.24) is 25.1 Å². The predicted molar refractivity (Wildman–Crippen MR) is 112 cm³/mol. The van der Waals surface area contributed by atoms with Gasteiger partial charge in [-0.25, -0.2) is 9.97 Å². The fourth-order valence-corrected chi connectivity index (χ4v) is 3.97. The Bertz CT molecular complexity index is 1140. The van der Waals surface area contributed by atoms with Crippen LogP contribution >= 0.6 is 0 Å². The van der Waals surface area contributed by atoms with Gasteiger partial charge in [-0.1, -0.05) is 19.3 Å². The number of pyridine rings is 2. The van der Waals surface area contributed by atoms with Gasteiger partial charge in [0, 0.05) is 35.9 Å². The van der Waals surface area contributed by atoms with Gasteiger partial charge in [0.1, 0.15) is 6.07 Å². The molecule has 0 radical (unpaired) electrons. The molecule has 0 atom stereocenters. The van der Waals surface area contributed by atoms with E-state index in [0.717, 1.165) is 36.8 Å². The van der Waals surface area contributed by atoms with Crippen molar-refractivity contribution < 1.29 is 4.79 Å². The van der Waals surface area contributed by atoms with Crippen LogP contribution in [0.2, 0.25) is 0 Å². The van der Waals surface area contributed by atoms with E-state index in [0.29, 0.717) is 28.6 Å². The minimum atomic E-state index is -0.0776. The van der Waals surface area contributed by atoms with Crippen LogP contribution in [0.1, 0.15) is 60.9 Å². The lowest BCUT2D eigenvalue weighted by molar-refractivity contribution is 0.0928. The monoisotopic (exact) mass is 401 g/mol. The molecule has 8 heteroatoms. The fraction of sp³-hybridized carbons (Fsp3) is 0.409. The molecule has 30 heavy (non-hydrogen) atoms. The number of nitrogens with one attached hydrogen (secondary N) is 2. The van der Waals surface area contributed by atoms with Gasteiger partial charge in [0.2, 0.25) is 0 Å². The molecule has 2 aliphatic carbocycles. The van der Waals surface area contributed by atoms with Gasteiger partial charge in [-0.05, 0) is 31.7 Å². The van der Waals surface area contributed by atoms with Gasteiger partial charge in [0.25, 0.3) is 5.91 Å². The van der Waals surface area contributed by atoms with Crippen LogP contribution in [-0.2, 0) is 0 Å². The summed E-state index contributed by atoms with van der Waals surface area (Å²) in [5.74, 6) is 0.505. The molecule has 8 nitrogen and oxygen atoms in total. The zero-order valence-corrected chi connectivity index (χ0v) is 16.6. The Kier molecular flexibility index (Phi) is 4.79. The van der Waals surface area contributed by atoms with E-state index in [1.807, 2.05) is 6.07 Å². The maximum absolute atomic E-state index is 13.0. The average Bonchev–Trinajstić information content (AvgIpc) is 3.49. The van der Waals surface area contributed by atoms with E-state index < -0.39 is 0 Å². The molecular formula is C22H23N7O. The van der Waals surface area contributed by atoms with E-state index in [9.17, 15) is 4.79 Å². The molecule has 3 aromatic heterocycles. The van der Waals surface area contributed by atoms with Gasteiger partial charge in [-0.3, -0.25) is 4.79 Å². The molecule has 0 bridgehead atoms. The minimum absolute atomic E-state index is 0.0776. The quantitative estimate of drug-likeness (QED) is 0.679. The smallest absolute Gasteiger partial charge is 0.255 e. The molecule has 0 spiro atoms. The van der Waals surface area contributed by atoms with E-state index in [2.05, 4.69) is 31.8 Å². The van der Waals surface area contributed by atoms with Crippen LogP contribution in [0.3, 0.4) is 0 Å². The van der Waals surface area contributed by atoms with Crippen molar-refractivity contribution in [3.05, 3.63) is 41.9 Å². The van der Waals surface area contributed by atoms with Gasteiger partial charge in [-0.15, -0.1) is 0 Å². The Morgan fingerprint density at radius 2 is 1.87 bits per heavy atom. The van der Waals surface area contributed by atoms with Crippen LogP contribution in [0.15, 0.2) is 30.7 Å². The zero-order chi connectivity index (χ0) is 20.5. The SMILES string of the molecule is N#Cc1cnc2c(cnn2-c2cc(NC3CC3)c(C(=O)NC3CCCCC3)cn2)c1. The van der Waals surface area contributed by atoms with Crippen molar-refractivity contribution in [2.24, 2.45) is 0 Å². The number of hydrogen-bond donors (Lipinski definition) is 2. The highest BCUT2D eigenvalue weighted by Gasteiger charge is 2.25. The van der Waals surface area contributed by atoms with Gasteiger partial charge in [-0.2, -0.15) is 15.0 Å². The third kappa shape index (κ3) is 3.71. The van der Waals surface area contributed by atoms with E-state index in [4.69, 9.17) is 5.26 Å². The molecule has 152 valence electrons. The van der Waals surface area contributed by atoms with Crippen molar-refractivity contribution in [3.63, 3.8) is 0 Å². The number of anilines is 1. The third-order valence-corrected chi connectivity index (χ3v) is 5.77. The van der Waals surface area contributed by atoms with Gasteiger partial charge >= 0.3 is 0 Å². The summed E-state index contributed by atoms with van der Waals surface area (Å²) in [6.07, 6.45) is 12.7. The van der Waals surface area contributed by atoms with Crippen molar-refractivity contribution in [3.8, 4) is 11.9 Å². The standard InChI is InChI=1S/C22H23N7O/c23-10-14-8-15-12-26-29(21(15)25-11-14)20-9-19(27-17-6-7-17)18(13-24-20)22(30)28-16-4-2-1-3-5-16/h8-9,11-13,16-17H,1-7H2,(H,24,27)(H,28,30). The highest BCUT2D eigenvalue weighted by Crippen LogP contribution is 2.29. The highest BCUT2D eigenvalue weighted by molar-refractivity contribution is 6.00. The first-order valence-corrected chi connectivity index (χ1v) is 10.5. The maximum Gasteiger partial charge on any atom is 0.255 e. The summed E-state index contributed by atoms with van der Waals surface area (Å²) in [4.78, 5) is 21.8. The molecule has 0 unspecified atom stereocenters. The van der Waals surface area contributed by atoms with E-state index in [1.165, 1.54) is 25.5 Å². The topological polar surface area (TPSA) is 109 Å². The lowest BCUT2D eigenvalue weighted by atomic mass is 9.95. The van der Waals surface area contributed by atoms with Gasteiger partial charge in [0.15, 0.2) is 11.5 Å². The first-order valence-electron chi connectivity index (χ1n) is 10.5. The average molecular weight is 401 g/mol. The second-order valence-corrected chi connectivity index (χ2v) is 8.12. The lowest BCUT2D eigenvalue weighted by Crippen LogP contribution is -2.36. The summed E-state index contributed by atoms with van der Waals surface area (Å²) in [5, 5.41) is 20.9. The highest BCUT2D eigenvalue weighted by atomic mass is 16.1. The molecule has 2 N–H and O–H groups in total. The summed E-state index contributed by atoms with van der Waals surface area (Å²) >= 11 is 0. The van der Waals surface area contributed by atoms with Crippen LogP contribution in [0.4, 0.5) is 5.69 Å². The normalized spacial score (nSPS) is 16.9. The molecular weight excluding hydrogens is 378 g/mol. The van der Waals surface area contributed by atoms with Crippen LogP contribution in [0.5, 0.6) is 0 Å². The molecule has 2 fully saturated rings. The van der Waals surface area contributed by atoms with Crippen LogP contribution < -0.4 is 10.6 Å². The largest absolute Gasteiger partial charge is 0.382 e. The Morgan fingerprint density at radius 1 is 1.03 bits per heavy atom. The molecule has 2 saturated carbocycles. The first kappa shape index (κ1) is 18.6. The predicted octanol–water partition coefficient (Wildman–Crippen LogP) is 3.32. The Balaban J connectivity index is 1.47. The Morgan fingerprint density at radius 3 is 2.63 bits per heavy atom. The summed E-state index contributed by atoms with van der Waals surface area (Å²) < 4.78 is 1.64. The van der Waals surface area contributed by atoms with E-state index in [1.54, 1.807) is 23.1 Å². The zero-order valence-electron chi connectivity index (χ0n) is 16.6. The number of nitrogens with zero attached hydrogens (tertiary/aromatic N) is 5. The van der Waals surface area contributed by atoms with Crippen molar-refractivity contribution >= 4 is 22.6 Å². The molecule has 5 rings (SSSR count). The van der Waals surface area contributed by atoms with Crippen LogP contribution in [-0.4, -0.2) is 37.7 Å². The number of hydrogen-bond acceptors (Lipinski definition) is 6. The number of aromatic nitrogens is 4. The lowest BCUT2D eigenvalue weighted by Gasteiger charge is -2.23. The number of carbonyl (C=O) groups is 1. The van der Waals surface area contributed by atoms with Crippen LogP contribution in [0, 0.1) is 11.3 Å². The van der Waals surface area contributed by atoms with Crippen LogP contribution in [0.25, 0.3) is 16.9 Å². The second kappa shape index (κ2) is 7.75. The van der Waals surface area contributed by atoms with Gasteiger partial charge < -0.3 is 10.6 Å². The summed E-state index contributed by atoms with van der Waals surface area (Å²) in [6.45, 7) is 0.